The highest BCUT2D eigenvalue weighted by Gasteiger charge is 2.43. The van der Waals surface area contributed by atoms with Gasteiger partial charge in [0.1, 0.15) is 0 Å². The average molecular weight is 322 g/mol. The lowest BCUT2D eigenvalue weighted by molar-refractivity contribution is 0.0625. The van der Waals surface area contributed by atoms with Crippen LogP contribution in [0, 0.1) is 17.8 Å². The molecule has 2 unspecified atom stereocenters. The van der Waals surface area contributed by atoms with Crippen molar-refractivity contribution in [3.8, 4) is 0 Å². The molecule has 0 radical (unpaired) electrons. The fourth-order valence-corrected chi connectivity index (χ4v) is 4.49. The molecule has 1 heterocycles. The fourth-order valence-electron chi connectivity index (χ4n) is 4.49. The molecule has 3 rings (SSSR count). The summed E-state index contributed by atoms with van der Waals surface area (Å²) in [6.07, 6.45) is 12.4. The van der Waals surface area contributed by atoms with Gasteiger partial charge >= 0.3 is 0 Å². The maximum atomic E-state index is 5.46. The second-order valence-corrected chi connectivity index (χ2v) is 7.86. The Morgan fingerprint density at radius 1 is 1.13 bits per heavy atom. The third kappa shape index (κ3) is 4.85. The number of hydrogen-bond donors (Lipinski definition) is 1. The third-order valence-corrected chi connectivity index (χ3v) is 6.20. The van der Waals surface area contributed by atoms with E-state index < -0.39 is 0 Å². The van der Waals surface area contributed by atoms with Crippen LogP contribution in [0.4, 0.5) is 0 Å². The van der Waals surface area contributed by atoms with Gasteiger partial charge in [-0.05, 0) is 43.4 Å². The molecular formula is C19H35N3O. The van der Waals surface area contributed by atoms with Gasteiger partial charge in [0, 0.05) is 39.9 Å². The predicted molar refractivity (Wildman–Crippen MR) is 95.8 cm³/mol. The first kappa shape index (κ1) is 17.1. The monoisotopic (exact) mass is 321 g/mol. The van der Waals surface area contributed by atoms with Gasteiger partial charge in [0.25, 0.3) is 0 Å². The molecule has 0 bridgehead atoms. The molecule has 0 aromatic rings. The molecule has 3 aliphatic rings. The number of nitrogens with one attached hydrogen (secondary N) is 1. The van der Waals surface area contributed by atoms with Gasteiger partial charge in [-0.25, -0.2) is 0 Å². The molecule has 3 fully saturated rings. The van der Waals surface area contributed by atoms with Crippen LogP contribution in [-0.4, -0.2) is 50.8 Å². The Balaban J connectivity index is 1.39. The summed E-state index contributed by atoms with van der Waals surface area (Å²) in [4.78, 5) is 6.84. The van der Waals surface area contributed by atoms with Crippen molar-refractivity contribution in [2.75, 3.05) is 33.9 Å². The summed E-state index contributed by atoms with van der Waals surface area (Å²) in [5, 5.41) is 3.73. The minimum Gasteiger partial charge on any atom is -0.381 e. The highest BCUT2D eigenvalue weighted by atomic mass is 16.5. The molecule has 2 aliphatic carbocycles. The van der Waals surface area contributed by atoms with Crippen molar-refractivity contribution in [3.05, 3.63) is 0 Å². The van der Waals surface area contributed by atoms with E-state index in [-0.39, 0.29) is 0 Å². The van der Waals surface area contributed by atoms with E-state index in [9.17, 15) is 0 Å². The Labute approximate surface area is 142 Å². The maximum absolute atomic E-state index is 5.46. The first-order valence-corrected chi connectivity index (χ1v) is 9.80. The molecule has 0 aromatic heterocycles. The van der Waals surface area contributed by atoms with E-state index in [2.05, 4.69) is 22.3 Å². The SMILES string of the molecule is CN=C(NC1CC1C1CCCCC1)N(C)CCC1CCOCC1. The van der Waals surface area contributed by atoms with Gasteiger partial charge in [-0.15, -0.1) is 0 Å². The zero-order valence-electron chi connectivity index (χ0n) is 15.1. The van der Waals surface area contributed by atoms with Crippen molar-refractivity contribution >= 4 is 5.96 Å². The zero-order chi connectivity index (χ0) is 16.1. The molecule has 2 saturated carbocycles. The van der Waals surface area contributed by atoms with Gasteiger partial charge in [0.2, 0.25) is 0 Å². The Hall–Kier alpha value is -0.770. The highest BCUT2D eigenvalue weighted by molar-refractivity contribution is 5.80. The second-order valence-electron chi connectivity index (χ2n) is 7.86. The summed E-state index contributed by atoms with van der Waals surface area (Å²) in [5.74, 6) is 3.82. The van der Waals surface area contributed by atoms with Crippen molar-refractivity contribution < 1.29 is 4.74 Å². The van der Waals surface area contributed by atoms with Crippen molar-refractivity contribution in [2.24, 2.45) is 22.7 Å². The number of hydrogen-bond acceptors (Lipinski definition) is 2. The van der Waals surface area contributed by atoms with E-state index in [1.54, 1.807) is 0 Å². The van der Waals surface area contributed by atoms with Crippen LogP contribution in [-0.2, 0) is 4.74 Å². The van der Waals surface area contributed by atoms with E-state index in [0.29, 0.717) is 6.04 Å². The lowest BCUT2D eigenvalue weighted by Crippen LogP contribution is -2.42. The average Bonchev–Trinajstić information content (AvgIpc) is 3.38. The molecule has 1 N–H and O–H groups in total. The fraction of sp³-hybridized carbons (Fsp3) is 0.947. The molecule has 2 atom stereocenters. The third-order valence-electron chi connectivity index (χ3n) is 6.20. The Bertz CT molecular complexity index is 386. The predicted octanol–water partition coefficient (Wildman–Crippen LogP) is 3.28. The second kappa shape index (κ2) is 8.36. The molecular weight excluding hydrogens is 286 g/mol. The van der Waals surface area contributed by atoms with Gasteiger partial charge in [-0.3, -0.25) is 4.99 Å². The first-order valence-electron chi connectivity index (χ1n) is 9.80. The number of nitrogens with zero attached hydrogens (tertiary/aromatic N) is 2. The van der Waals surface area contributed by atoms with Crippen molar-refractivity contribution in [3.63, 3.8) is 0 Å². The molecule has 4 heteroatoms. The molecule has 1 saturated heterocycles. The normalized spacial score (nSPS) is 30.3. The molecule has 0 amide bonds. The van der Waals surface area contributed by atoms with Crippen LogP contribution >= 0.6 is 0 Å². The number of ether oxygens (including phenoxy) is 1. The minimum atomic E-state index is 0.683. The molecule has 23 heavy (non-hydrogen) atoms. The van der Waals surface area contributed by atoms with Crippen LogP contribution in [0.25, 0.3) is 0 Å². The topological polar surface area (TPSA) is 36.9 Å². The summed E-state index contributed by atoms with van der Waals surface area (Å²) in [7, 11) is 4.11. The van der Waals surface area contributed by atoms with Crippen molar-refractivity contribution in [1.29, 1.82) is 0 Å². The summed E-state index contributed by atoms with van der Waals surface area (Å²) < 4.78 is 5.46. The van der Waals surface area contributed by atoms with Crippen LogP contribution in [0.2, 0.25) is 0 Å². The van der Waals surface area contributed by atoms with E-state index >= 15 is 0 Å². The molecule has 0 spiro atoms. The van der Waals surface area contributed by atoms with E-state index in [1.165, 1.54) is 57.8 Å². The Morgan fingerprint density at radius 3 is 2.57 bits per heavy atom. The molecule has 0 aromatic carbocycles. The van der Waals surface area contributed by atoms with Crippen LogP contribution in [0.3, 0.4) is 0 Å². The van der Waals surface area contributed by atoms with Crippen LogP contribution in [0.5, 0.6) is 0 Å². The summed E-state index contributed by atoms with van der Waals surface area (Å²) >= 11 is 0. The van der Waals surface area contributed by atoms with Gasteiger partial charge in [0.15, 0.2) is 5.96 Å². The van der Waals surface area contributed by atoms with Gasteiger partial charge in [-0.2, -0.15) is 0 Å². The summed E-state index contributed by atoms with van der Waals surface area (Å²) in [5.41, 5.74) is 0. The first-order chi connectivity index (χ1) is 11.3. The van der Waals surface area contributed by atoms with Crippen molar-refractivity contribution in [1.82, 2.24) is 10.2 Å². The van der Waals surface area contributed by atoms with Crippen LogP contribution < -0.4 is 5.32 Å². The summed E-state index contributed by atoms with van der Waals surface area (Å²) in [6, 6.07) is 0.683. The Kier molecular flexibility index (Phi) is 6.21. The number of aliphatic imine (C=N–C) groups is 1. The largest absolute Gasteiger partial charge is 0.381 e. The van der Waals surface area contributed by atoms with E-state index in [1.807, 2.05) is 7.05 Å². The zero-order valence-corrected chi connectivity index (χ0v) is 15.1. The standard InChI is InChI=1S/C19H35N3O/c1-20-19(22(2)11-8-15-9-12-23-13-10-15)21-18-14-17(18)16-6-4-3-5-7-16/h15-18H,3-14H2,1-2H3,(H,20,21). The quantitative estimate of drug-likeness (QED) is 0.624. The van der Waals surface area contributed by atoms with Crippen molar-refractivity contribution in [2.45, 2.75) is 63.8 Å². The number of guanidine groups is 1. The van der Waals surface area contributed by atoms with E-state index in [4.69, 9.17) is 4.74 Å². The number of rotatable bonds is 5. The smallest absolute Gasteiger partial charge is 0.193 e. The lowest BCUT2D eigenvalue weighted by Gasteiger charge is -2.27. The summed E-state index contributed by atoms with van der Waals surface area (Å²) in [6.45, 7) is 3.00. The molecule has 132 valence electrons. The van der Waals surface area contributed by atoms with Gasteiger partial charge in [-0.1, -0.05) is 32.1 Å². The highest BCUT2D eigenvalue weighted by Crippen LogP contribution is 2.44. The maximum Gasteiger partial charge on any atom is 0.193 e. The van der Waals surface area contributed by atoms with E-state index in [0.717, 1.165) is 43.5 Å². The van der Waals surface area contributed by atoms with Crippen LogP contribution in [0.1, 0.15) is 57.8 Å². The molecule has 1 aliphatic heterocycles. The minimum absolute atomic E-state index is 0.683. The van der Waals surface area contributed by atoms with Gasteiger partial charge in [0.05, 0.1) is 0 Å². The van der Waals surface area contributed by atoms with Crippen LogP contribution in [0.15, 0.2) is 4.99 Å². The molecule has 4 nitrogen and oxygen atoms in total. The Morgan fingerprint density at radius 2 is 1.87 bits per heavy atom. The lowest BCUT2D eigenvalue weighted by atomic mass is 9.85. The van der Waals surface area contributed by atoms with Gasteiger partial charge < -0.3 is 15.0 Å².